The van der Waals surface area contributed by atoms with E-state index in [0.717, 1.165) is 0 Å². The summed E-state index contributed by atoms with van der Waals surface area (Å²) in [5, 5.41) is 5.57. The van der Waals surface area contributed by atoms with Gasteiger partial charge in [0.1, 0.15) is 17.5 Å². The van der Waals surface area contributed by atoms with Crippen LogP contribution >= 0.6 is 0 Å². The van der Waals surface area contributed by atoms with Gasteiger partial charge >= 0.3 is 6.61 Å². The van der Waals surface area contributed by atoms with Crippen LogP contribution in [0, 0.1) is 5.92 Å². The summed E-state index contributed by atoms with van der Waals surface area (Å²) in [5.74, 6) is -0.299. The second kappa shape index (κ2) is 10.6. The number of hydrogen-bond donors (Lipinski definition) is 2. The van der Waals surface area contributed by atoms with Gasteiger partial charge in [-0.15, -0.1) is 0 Å². The third kappa shape index (κ3) is 6.43. The Morgan fingerprint density at radius 3 is 2.17 bits per heavy atom. The smallest absolute Gasteiger partial charge is 0.387 e. The molecule has 6 nitrogen and oxygen atoms in total. The van der Waals surface area contributed by atoms with Gasteiger partial charge in [0, 0.05) is 5.56 Å². The first-order valence-corrected chi connectivity index (χ1v) is 9.51. The number of hydrogen-bond acceptors (Lipinski definition) is 4. The minimum absolute atomic E-state index is 0.0109. The Hall–Kier alpha value is -3.16. The number of halogens is 2. The number of amides is 2. The predicted octanol–water partition coefficient (Wildman–Crippen LogP) is 3.93. The van der Waals surface area contributed by atoms with Gasteiger partial charge in [0.25, 0.3) is 5.91 Å². The standard InChI is InChI=1S/C22H26F2N2O4/c1-13(2)19(26-20(27)15-8-10-17(29-4)11-9-15)21(28)25-14(3)16-6-5-7-18(12-16)30-22(23)24/h5-14,19,22H,1-4H3,(H,25,28)(H,26,27). The third-order valence-electron chi connectivity index (χ3n) is 4.53. The molecule has 2 atom stereocenters. The molecule has 30 heavy (non-hydrogen) atoms. The van der Waals surface area contributed by atoms with Gasteiger partial charge in [0.05, 0.1) is 13.2 Å². The number of carbonyl (C=O) groups is 2. The van der Waals surface area contributed by atoms with Gasteiger partial charge in [-0.2, -0.15) is 8.78 Å². The van der Waals surface area contributed by atoms with E-state index in [1.54, 1.807) is 43.3 Å². The van der Waals surface area contributed by atoms with Gasteiger partial charge in [-0.25, -0.2) is 0 Å². The van der Waals surface area contributed by atoms with Crippen molar-refractivity contribution < 1.29 is 27.8 Å². The van der Waals surface area contributed by atoms with E-state index in [1.807, 2.05) is 13.8 Å². The van der Waals surface area contributed by atoms with Crippen molar-refractivity contribution >= 4 is 11.8 Å². The predicted molar refractivity (Wildman–Crippen MR) is 109 cm³/mol. The van der Waals surface area contributed by atoms with Crippen molar-refractivity contribution in [1.82, 2.24) is 10.6 Å². The fourth-order valence-electron chi connectivity index (χ4n) is 2.85. The van der Waals surface area contributed by atoms with Crippen LogP contribution in [-0.2, 0) is 4.79 Å². The highest BCUT2D eigenvalue weighted by molar-refractivity contribution is 5.97. The van der Waals surface area contributed by atoms with Crippen LogP contribution in [-0.4, -0.2) is 31.6 Å². The molecule has 162 valence electrons. The monoisotopic (exact) mass is 420 g/mol. The number of ether oxygens (including phenoxy) is 2. The number of carbonyl (C=O) groups excluding carboxylic acids is 2. The van der Waals surface area contributed by atoms with Gasteiger partial charge in [-0.3, -0.25) is 9.59 Å². The topological polar surface area (TPSA) is 76.7 Å². The van der Waals surface area contributed by atoms with Crippen molar-refractivity contribution in [2.75, 3.05) is 7.11 Å². The molecule has 2 aromatic carbocycles. The summed E-state index contributed by atoms with van der Waals surface area (Å²) in [6.45, 7) is 2.44. The molecule has 2 aromatic rings. The van der Waals surface area contributed by atoms with Crippen LogP contribution in [0.2, 0.25) is 0 Å². The molecular formula is C22H26F2N2O4. The molecule has 2 amide bonds. The first-order valence-electron chi connectivity index (χ1n) is 9.51. The Balaban J connectivity index is 2.06. The van der Waals surface area contributed by atoms with Crippen LogP contribution in [0.3, 0.4) is 0 Å². The van der Waals surface area contributed by atoms with Gasteiger partial charge in [0.15, 0.2) is 0 Å². The first-order chi connectivity index (χ1) is 14.2. The SMILES string of the molecule is COc1ccc(C(=O)NC(C(=O)NC(C)c2cccc(OC(F)F)c2)C(C)C)cc1. The molecule has 0 radical (unpaired) electrons. The minimum atomic E-state index is -2.93. The maximum absolute atomic E-state index is 12.8. The average Bonchev–Trinajstić information content (AvgIpc) is 2.71. The van der Waals surface area contributed by atoms with Crippen molar-refractivity contribution in [2.45, 2.75) is 39.5 Å². The highest BCUT2D eigenvalue weighted by Gasteiger charge is 2.26. The molecule has 0 bridgehead atoms. The summed E-state index contributed by atoms with van der Waals surface area (Å²) in [6.07, 6.45) is 0. The fraction of sp³-hybridized carbons (Fsp3) is 0.364. The number of nitrogens with one attached hydrogen (secondary N) is 2. The molecule has 0 saturated heterocycles. The molecular weight excluding hydrogens is 394 g/mol. The maximum atomic E-state index is 12.8. The molecule has 2 unspecified atom stereocenters. The number of rotatable bonds is 9. The molecule has 0 fully saturated rings. The van der Waals surface area contributed by atoms with E-state index in [4.69, 9.17) is 4.74 Å². The average molecular weight is 420 g/mol. The van der Waals surface area contributed by atoms with Crippen molar-refractivity contribution in [3.8, 4) is 11.5 Å². The van der Waals surface area contributed by atoms with Crippen LogP contribution in [0.4, 0.5) is 8.78 Å². The van der Waals surface area contributed by atoms with E-state index < -0.39 is 18.7 Å². The molecule has 0 aliphatic carbocycles. The van der Waals surface area contributed by atoms with Crippen LogP contribution in [0.5, 0.6) is 11.5 Å². The second-order valence-electron chi connectivity index (χ2n) is 7.10. The normalized spacial score (nSPS) is 12.9. The quantitative estimate of drug-likeness (QED) is 0.645. The van der Waals surface area contributed by atoms with E-state index in [2.05, 4.69) is 15.4 Å². The highest BCUT2D eigenvalue weighted by atomic mass is 19.3. The van der Waals surface area contributed by atoms with Crippen LogP contribution < -0.4 is 20.1 Å². The number of methoxy groups -OCH3 is 1. The number of benzene rings is 2. The molecule has 0 saturated carbocycles. The van der Waals surface area contributed by atoms with Crippen molar-refractivity contribution in [1.29, 1.82) is 0 Å². The molecule has 0 spiro atoms. The summed E-state index contributed by atoms with van der Waals surface area (Å²) >= 11 is 0. The van der Waals surface area contributed by atoms with E-state index in [1.165, 1.54) is 19.2 Å². The Bertz CT molecular complexity index is 856. The first kappa shape index (κ1) is 23.1. The lowest BCUT2D eigenvalue weighted by molar-refractivity contribution is -0.124. The molecule has 0 heterocycles. The Morgan fingerprint density at radius 1 is 0.933 bits per heavy atom. The van der Waals surface area contributed by atoms with E-state index in [-0.39, 0.29) is 23.5 Å². The van der Waals surface area contributed by atoms with Gasteiger partial charge < -0.3 is 20.1 Å². The Labute approximate surface area is 174 Å². The summed E-state index contributed by atoms with van der Waals surface area (Å²) in [6, 6.07) is 11.4. The van der Waals surface area contributed by atoms with Crippen LogP contribution in [0.15, 0.2) is 48.5 Å². The summed E-state index contributed by atoms with van der Waals surface area (Å²) in [5.41, 5.74) is 1.00. The second-order valence-corrected chi connectivity index (χ2v) is 7.10. The van der Waals surface area contributed by atoms with E-state index in [9.17, 15) is 18.4 Å². The minimum Gasteiger partial charge on any atom is -0.497 e. The van der Waals surface area contributed by atoms with E-state index >= 15 is 0 Å². The maximum Gasteiger partial charge on any atom is 0.387 e. The lowest BCUT2D eigenvalue weighted by atomic mass is 10.0. The van der Waals surface area contributed by atoms with Crippen molar-refractivity contribution in [2.24, 2.45) is 5.92 Å². The summed E-state index contributed by atoms with van der Waals surface area (Å²) in [4.78, 5) is 25.3. The van der Waals surface area contributed by atoms with Gasteiger partial charge in [0.2, 0.25) is 5.91 Å². The van der Waals surface area contributed by atoms with Gasteiger partial charge in [-0.05, 0) is 54.8 Å². The van der Waals surface area contributed by atoms with Crippen molar-refractivity contribution in [3.63, 3.8) is 0 Å². The largest absolute Gasteiger partial charge is 0.497 e. The highest BCUT2D eigenvalue weighted by Crippen LogP contribution is 2.21. The zero-order valence-corrected chi connectivity index (χ0v) is 17.3. The van der Waals surface area contributed by atoms with Crippen LogP contribution in [0.25, 0.3) is 0 Å². The molecule has 0 aromatic heterocycles. The van der Waals surface area contributed by atoms with Crippen molar-refractivity contribution in [3.05, 3.63) is 59.7 Å². The third-order valence-corrected chi connectivity index (χ3v) is 4.53. The zero-order valence-electron chi connectivity index (χ0n) is 17.3. The number of alkyl halides is 2. The Kier molecular flexibility index (Phi) is 8.15. The van der Waals surface area contributed by atoms with Crippen LogP contribution in [0.1, 0.15) is 42.7 Å². The lowest BCUT2D eigenvalue weighted by Gasteiger charge is -2.24. The molecule has 2 N–H and O–H groups in total. The summed E-state index contributed by atoms with van der Waals surface area (Å²) in [7, 11) is 1.53. The molecule has 0 aliphatic heterocycles. The molecule has 0 aliphatic rings. The summed E-state index contributed by atoms with van der Waals surface area (Å²) < 4.78 is 34.3. The lowest BCUT2D eigenvalue weighted by Crippen LogP contribution is -2.50. The van der Waals surface area contributed by atoms with E-state index in [0.29, 0.717) is 16.9 Å². The van der Waals surface area contributed by atoms with Gasteiger partial charge in [-0.1, -0.05) is 26.0 Å². The zero-order chi connectivity index (χ0) is 22.3. The molecule has 2 rings (SSSR count). The fourth-order valence-corrected chi connectivity index (χ4v) is 2.85. The Morgan fingerprint density at radius 2 is 1.60 bits per heavy atom. The molecule has 8 heteroatoms.